The number of nitrogens with one attached hydrogen (secondary N) is 1. The van der Waals surface area contributed by atoms with Crippen molar-refractivity contribution >= 4 is 0 Å². The van der Waals surface area contributed by atoms with Gasteiger partial charge in [-0.05, 0) is 38.6 Å². The summed E-state index contributed by atoms with van der Waals surface area (Å²) < 4.78 is 0. The molecular formula is C16H33N3. The van der Waals surface area contributed by atoms with Crippen LogP contribution in [-0.4, -0.2) is 62.2 Å². The second kappa shape index (κ2) is 8.23. The highest BCUT2D eigenvalue weighted by atomic mass is 15.2. The van der Waals surface area contributed by atoms with Gasteiger partial charge < -0.3 is 10.2 Å². The molecule has 3 heteroatoms. The van der Waals surface area contributed by atoms with E-state index >= 15 is 0 Å². The third-order valence-corrected chi connectivity index (χ3v) is 5.00. The molecule has 0 bridgehead atoms. The van der Waals surface area contributed by atoms with Gasteiger partial charge in [-0.2, -0.15) is 0 Å². The summed E-state index contributed by atoms with van der Waals surface area (Å²) in [6.45, 7) is 9.73. The highest BCUT2D eigenvalue weighted by molar-refractivity contribution is 4.78. The Hall–Kier alpha value is -0.120. The third kappa shape index (κ3) is 5.41. The minimum absolute atomic E-state index is 0.806. The van der Waals surface area contributed by atoms with Crippen LogP contribution in [0.3, 0.4) is 0 Å². The molecule has 1 saturated heterocycles. The van der Waals surface area contributed by atoms with Gasteiger partial charge in [0.1, 0.15) is 0 Å². The SMILES string of the molecule is CCCC1CCC(NCCN2CCN(C)CC2)CC1. The second-order valence-corrected chi connectivity index (χ2v) is 6.61. The minimum Gasteiger partial charge on any atom is -0.313 e. The fraction of sp³-hybridized carbons (Fsp3) is 1.00. The first-order valence-corrected chi connectivity index (χ1v) is 8.42. The average molecular weight is 267 g/mol. The molecule has 1 aliphatic heterocycles. The van der Waals surface area contributed by atoms with Gasteiger partial charge >= 0.3 is 0 Å². The summed E-state index contributed by atoms with van der Waals surface area (Å²) in [5.74, 6) is 1.03. The predicted molar refractivity (Wildman–Crippen MR) is 82.6 cm³/mol. The zero-order valence-corrected chi connectivity index (χ0v) is 13.0. The van der Waals surface area contributed by atoms with Crippen LogP contribution in [-0.2, 0) is 0 Å². The van der Waals surface area contributed by atoms with Gasteiger partial charge in [-0.15, -0.1) is 0 Å². The largest absolute Gasteiger partial charge is 0.313 e. The van der Waals surface area contributed by atoms with Crippen LogP contribution in [0.15, 0.2) is 0 Å². The van der Waals surface area contributed by atoms with Gasteiger partial charge in [-0.3, -0.25) is 4.90 Å². The van der Waals surface area contributed by atoms with Crippen molar-refractivity contribution in [2.45, 2.75) is 51.5 Å². The van der Waals surface area contributed by atoms with Crippen LogP contribution in [0.5, 0.6) is 0 Å². The summed E-state index contributed by atoms with van der Waals surface area (Å²) >= 11 is 0. The lowest BCUT2D eigenvalue weighted by Crippen LogP contribution is -2.47. The van der Waals surface area contributed by atoms with Gasteiger partial charge in [-0.1, -0.05) is 19.8 Å². The monoisotopic (exact) mass is 267 g/mol. The summed E-state index contributed by atoms with van der Waals surface area (Å²) in [5, 5.41) is 3.79. The van der Waals surface area contributed by atoms with Crippen molar-refractivity contribution in [2.75, 3.05) is 46.3 Å². The van der Waals surface area contributed by atoms with Crippen LogP contribution in [0.1, 0.15) is 45.4 Å². The standard InChI is InChI=1S/C16H33N3/c1-3-4-15-5-7-16(8-6-15)17-9-10-19-13-11-18(2)12-14-19/h15-17H,3-14H2,1-2H3. The molecule has 0 radical (unpaired) electrons. The maximum absolute atomic E-state index is 3.79. The Labute approximate surface area is 119 Å². The quantitative estimate of drug-likeness (QED) is 0.796. The van der Waals surface area contributed by atoms with Gasteiger partial charge in [-0.25, -0.2) is 0 Å². The molecule has 1 N–H and O–H groups in total. The third-order valence-electron chi connectivity index (χ3n) is 5.00. The number of hydrogen-bond acceptors (Lipinski definition) is 3. The molecule has 0 aromatic carbocycles. The molecule has 0 amide bonds. The van der Waals surface area contributed by atoms with E-state index in [4.69, 9.17) is 0 Å². The maximum Gasteiger partial charge on any atom is 0.0110 e. The number of nitrogens with zero attached hydrogens (tertiary/aromatic N) is 2. The zero-order chi connectivity index (χ0) is 13.5. The zero-order valence-electron chi connectivity index (χ0n) is 13.0. The van der Waals surface area contributed by atoms with Crippen LogP contribution in [0.25, 0.3) is 0 Å². The Balaban J connectivity index is 1.52. The number of rotatable bonds is 6. The summed E-state index contributed by atoms with van der Waals surface area (Å²) in [6, 6.07) is 0.806. The Morgan fingerprint density at radius 3 is 2.32 bits per heavy atom. The molecule has 0 atom stereocenters. The summed E-state index contributed by atoms with van der Waals surface area (Å²) in [5.41, 5.74) is 0. The van der Waals surface area contributed by atoms with E-state index in [1.54, 1.807) is 0 Å². The fourth-order valence-electron chi connectivity index (χ4n) is 3.56. The van der Waals surface area contributed by atoms with Gasteiger partial charge in [0, 0.05) is 45.3 Å². The molecule has 1 aliphatic carbocycles. The molecule has 2 aliphatic rings. The summed E-state index contributed by atoms with van der Waals surface area (Å²) in [7, 11) is 2.23. The molecule has 2 fully saturated rings. The smallest absolute Gasteiger partial charge is 0.0110 e. The van der Waals surface area contributed by atoms with Gasteiger partial charge in [0.15, 0.2) is 0 Å². The molecule has 19 heavy (non-hydrogen) atoms. The maximum atomic E-state index is 3.79. The molecule has 0 aromatic heterocycles. The van der Waals surface area contributed by atoms with Crippen molar-refractivity contribution in [1.82, 2.24) is 15.1 Å². The van der Waals surface area contributed by atoms with E-state index in [0.717, 1.165) is 12.0 Å². The van der Waals surface area contributed by atoms with Crippen LogP contribution in [0.2, 0.25) is 0 Å². The van der Waals surface area contributed by atoms with E-state index in [1.165, 1.54) is 77.8 Å². The summed E-state index contributed by atoms with van der Waals surface area (Å²) in [6.07, 6.45) is 8.56. The van der Waals surface area contributed by atoms with Gasteiger partial charge in [0.2, 0.25) is 0 Å². The van der Waals surface area contributed by atoms with E-state index in [1.807, 2.05) is 0 Å². The average Bonchev–Trinajstić information content (AvgIpc) is 2.43. The normalized spacial score (nSPS) is 30.6. The Bertz CT molecular complexity index is 228. The van der Waals surface area contributed by atoms with Crippen LogP contribution in [0.4, 0.5) is 0 Å². The molecule has 1 heterocycles. The molecule has 0 unspecified atom stereocenters. The van der Waals surface area contributed by atoms with E-state index in [-0.39, 0.29) is 0 Å². The molecule has 0 aromatic rings. The van der Waals surface area contributed by atoms with E-state index in [2.05, 4.69) is 29.1 Å². The summed E-state index contributed by atoms with van der Waals surface area (Å²) in [4.78, 5) is 5.04. The second-order valence-electron chi connectivity index (χ2n) is 6.61. The Morgan fingerprint density at radius 1 is 1.00 bits per heavy atom. The molecule has 112 valence electrons. The predicted octanol–water partition coefficient (Wildman–Crippen LogP) is 2.18. The van der Waals surface area contributed by atoms with E-state index in [9.17, 15) is 0 Å². The number of hydrogen-bond donors (Lipinski definition) is 1. The van der Waals surface area contributed by atoms with E-state index in [0.29, 0.717) is 0 Å². The molecule has 1 saturated carbocycles. The molecule has 3 nitrogen and oxygen atoms in total. The van der Waals surface area contributed by atoms with Crippen molar-refractivity contribution in [3.63, 3.8) is 0 Å². The van der Waals surface area contributed by atoms with Crippen molar-refractivity contribution in [1.29, 1.82) is 0 Å². The lowest BCUT2D eigenvalue weighted by atomic mass is 9.83. The van der Waals surface area contributed by atoms with Crippen LogP contribution < -0.4 is 5.32 Å². The topological polar surface area (TPSA) is 18.5 Å². The Kier molecular flexibility index (Phi) is 6.62. The first kappa shape index (κ1) is 15.3. The van der Waals surface area contributed by atoms with Crippen LogP contribution >= 0.6 is 0 Å². The van der Waals surface area contributed by atoms with Crippen molar-refractivity contribution in [3.05, 3.63) is 0 Å². The first-order chi connectivity index (χ1) is 9.28. The number of likely N-dealkylation sites (N-methyl/N-ethyl adjacent to an activating group) is 1. The highest BCUT2D eigenvalue weighted by Gasteiger charge is 2.20. The highest BCUT2D eigenvalue weighted by Crippen LogP contribution is 2.27. The van der Waals surface area contributed by atoms with Crippen molar-refractivity contribution in [2.24, 2.45) is 5.92 Å². The van der Waals surface area contributed by atoms with Gasteiger partial charge in [0.25, 0.3) is 0 Å². The first-order valence-electron chi connectivity index (χ1n) is 8.42. The fourth-order valence-corrected chi connectivity index (χ4v) is 3.56. The van der Waals surface area contributed by atoms with Gasteiger partial charge in [0.05, 0.1) is 0 Å². The lowest BCUT2D eigenvalue weighted by molar-refractivity contribution is 0.152. The molecular weight excluding hydrogens is 234 g/mol. The molecule has 2 rings (SSSR count). The van der Waals surface area contributed by atoms with E-state index < -0.39 is 0 Å². The Morgan fingerprint density at radius 2 is 1.68 bits per heavy atom. The lowest BCUT2D eigenvalue weighted by Gasteiger charge is -2.33. The molecule has 0 spiro atoms. The van der Waals surface area contributed by atoms with Crippen molar-refractivity contribution in [3.8, 4) is 0 Å². The van der Waals surface area contributed by atoms with Crippen molar-refractivity contribution < 1.29 is 0 Å². The number of piperazine rings is 1. The van der Waals surface area contributed by atoms with Crippen LogP contribution in [0, 0.1) is 5.92 Å². The minimum atomic E-state index is 0.806.